The average Bonchev–Trinajstić information content (AvgIpc) is 2.79. The molecule has 1 aromatic rings. The van der Waals surface area contributed by atoms with Gasteiger partial charge in [-0.1, -0.05) is 0 Å². The molecule has 6 nitrogen and oxygen atoms in total. The number of carbonyl (C=O) groups is 2. The Kier molecular flexibility index (Phi) is 3.34. The van der Waals surface area contributed by atoms with E-state index in [0.29, 0.717) is 18.5 Å². The molecule has 1 amide bonds. The number of aromatic nitrogens is 1. The lowest BCUT2D eigenvalue weighted by Gasteiger charge is -2.11. The van der Waals surface area contributed by atoms with Gasteiger partial charge >= 0.3 is 5.97 Å². The van der Waals surface area contributed by atoms with E-state index in [0.717, 1.165) is 0 Å². The van der Waals surface area contributed by atoms with Gasteiger partial charge in [0.25, 0.3) is 5.91 Å². The van der Waals surface area contributed by atoms with Crippen molar-refractivity contribution in [2.75, 3.05) is 5.32 Å². The summed E-state index contributed by atoms with van der Waals surface area (Å²) >= 11 is 0. The van der Waals surface area contributed by atoms with Crippen molar-refractivity contribution >= 4 is 17.6 Å². The van der Waals surface area contributed by atoms with Gasteiger partial charge in [-0.15, -0.1) is 0 Å². The number of aliphatic carboxylic acids is 1. The average molecular weight is 236 g/mol. The number of carboxylic acid groups (broad SMARTS) is 1. The van der Waals surface area contributed by atoms with Crippen LogP contribution < -0.4 is 5.32 Å². The standard InChI is InChI=1S/C11H12N2O4/c14-10(13-7-2-1-5-12-6-7)8-3-4-9(17-8)11(15)16/h1-2,5-6,8-9H,3-4H2,(H,13,14)(H,15,16)/t8-,9+/m0/s1. The first-order valence-electron chi connectivity index (χ1n) is 5.26. The molecule has 1 aliphatic rings. The minimum atomic E-state index is -1.03. The van der Waals surface area contributed by atoms with Crippen LogP contribution in [0.15, 0.2) is 24.5 Å². The van der Waals surface area contributed by atoms with Gasteiger partial charge < -0.3 is 15.2 Å². The van der Waals surface area contributed by atoms with Crippen LogP contribution in [0.2, 0.25) is 0 Å². The number of hydrogen-bond acceptors (Lipinski definition) is 4. The summed E-state index contributed by atoms with van der Waals surface area (Å²) in [5.41, 5.74) is 0.569. The molecule has 1 aliphatic heterocycles. The zero-order valence-electron chi connectivity index (χ0n) is 9.00. The zero-order valence-corrected chi connectivity index (χ0v) is 9.00. The first-order chi connectivity index (χ1) is 8.16. The molecule has 0 unspecified atom stereocenters. The number of pyridine rings is 1. The minimum Gasteiger partial charge on any atom is -0.479 e. The summed E-state index contributed by atoms with van der Waals surface area (Å²) in [6.45, 7) is 0. The smallest absolute Gasteiger partial charge is 0.332 e. The summed E-state index contributed by atoms with van der Waals surface area (Å²) in [5, 5.41) is 11.4. The van der Waals surface area contributed by atoms with Gasteiger partial charge in [-0.3, -0.25) is 9.78 Å². The summed E-state index contributed by atoms with van der Waals surface area (Å²) in [6, 6.07) is 3.40. The Hall–Kier alpha value is -1.95. The molecule has 1 aromatic heterocycles. The van der Waals surface area contributed by atoms with Crippen molar-refractivity contribution in [3.63, 3.8) is 0 Å². The molecule has 2 atom stereocenters. The molecule has 2 rings (SSSR count). The van der Waals surface area contributed by atoms with Crippen LogP contribution in [0.25, 0.3) is 0 Å². The van der Waals surface area contributed by atoms with Gasteiger partial charge in [-0.05, 0) is 25.0 Å². The fraction of sp³-hybridized carbons (Fsp3) is 0.364. The topological polar surface area (TPSA) is 88.5 Å². The maximum Gasteiger partial charge on any atom is 0.332 e. The molecule has 6 heteroatoms. The number of anilines is 1. The quantitative estimate of drug-likeness (QED) is 0.804. The molecule has 0 spiro atoms. The van der Waals surface area contributed by atoms with Crippen LogP contribution in [-0.2, 0) is 14.3 Å². The lowest BCUT2D eigenvalue weighted by Crippen LogP contribution is -2.29. The van der Waals surface area contributed by atoms with Crippen LogP contribution in [0.1, 0.15) is 12.8 Å². The second-order valence-corrected chi connectivity index (χ2v) is 3.76. The highest BCUT2D eigenvalue weighted by Gasteiger charge is 2.34. The number of rotatable bonds is 3. The number of hydrogen-bond donors (Lipinski definition) is 2. The number of carbonyl (C=O) groups excluding carboxylic acids is 1. The van der Waals surface area contributed by atoms with Crippen molar-refractivity contribution in [3.05, 3.63) is 24.5 Å². The molecular formula is C11H12N2O4. The number of amides is 1. The predicted molar refractivity (Wildman–Crippen MR) is 58.4 cm³/mol. The largest absolute Gasteiger partial charge is 0.479 e. The van der Waals surface area contributed by atoms with Crippen LogP contribution in [-0.4, -0.2) is 34.2 Å². The molecule has 0 aromatic carbocycles. The third-order valence-corrected chi connectivity index (χ3v) is 2.52. The van der Waals surface area contributed by atoms with Crippen molar-refractivity contribution in [2.24, 2.45) is 0 Å². The minimum absolute atomic E-state index is 0.332. The maximum atomic E-state index is 11.7. The Balaban J connectivity index is 1.92. The van der Waals surface area contributed by atoms with Crippen molar-refractivity contribution in [2.45, 2.75) is 25.0 Å². The molecule has 90 valence electrons. The first-order valence-corrected chi connectivity index (χ1v) is 5.26. The van der Waals surface area contributed by atoms with Crippen LogP contribution in [0.4, 0.5) is 5.69 Å². The lowest BCUT2D eigenvalue weighted by atomic mass is 10.2. The van der Waals surface area contributed by atoms with Crippen LogP contribution >= 0.6 is 0 Å². The fourth-order valence-corrected chi connectivity index (χ4v) is 1.67. The summed E-state index contributed by atoms with van der Waals surface area (Å²) in [5.74, 6) is -1.36. The summed E-state index contributed by atoms with van der Waals surface area (Å²) < 4.78 is 5.12. The molecule has 0 saturated carbocycles. The SMILES string of the molecule is O=C(Nc1cccnc1)[C@@H]1CC[C@H](C(=O)O)O1. The van der Waals surface area contributed by atoms with Crippen LogP contribution in [0.3, 0.4) is 0 Å². The molecule has 1 saturated heterocycles. The van der Waals surface area contributed by atoms with E-state index in [9.17, 15) is 9.59 Å². The third kappa shape index (κ3) is 2.79. The van der Waals surface area contributed by atoms with E-state index in [2.05, 4.69) is 10.3 Å². The Labute approximate surface area is 97.6 Å². The lowest BCUT2D eigenvalue weighted by molar-refractivity contribution is -0.150. The van der Waals surface area contributed by atoms with E-state index in [1.165, 1.54) is 6.20 Å². The Morgan fingerprint density at radius 3 is 2.76 bits per heavy atom. The molecule has 0 radical (unpaired) electrons. The summed E-state index contributed by atoms with van der Waals surface area (Å²) in [4.78, 5) is 26.2. The zero-order chi connectivity index (χ0) is 12.3. The van der Waals surface area contributed by atoms with E-state index in [1.807, 2.05) is 0 Å². The van der Waals surface area contributed by atoms with Crippen molar-refractivity contribution in [1.29, 1.82) is 0 Å². The summed E-state index contributed by atoms with van der Waals surface area (Å²) in [6.07, 6.45) is 2.32. The van der Waals surface area contributed by atoms with Gasteiger partial charge in [0.05, 0.1) is 11.9 Å². The van der Waals surface area contributed by atoms with Crippen LogP contribution in [0.5, 0.6) is 0 Å². The molecule has 2 heterocycles. The fourth-order valence-electron chi connectivity index (χ4n) is 1.67. The van der Waals surface area contributed by atoms with Crippen molar-refractivity contribution in [1.82, 2.24) is 4.98 Å². The molecule has 1 fully saturated rings. The van der Waals surface area contributed by atoms with Gasteiger partial charge in [0, 0.05) is 6.20 Å². The number of carboxylic acids is 1. The predicted octanol–water partition coefficient (Wildman–Crippen LogP) is 0.652. The van der Waals surface area contributed by atoms with E-state index in [-0.39, 0.29) is 5.91 Å². The number of nitrogens with one attached hydrogen (secondary N) is 1. The van der Waals surface area contributed by atoms with Gasteiger partial charge in [-0.2, -0.15) is 0 Å². The highest BCUT2D eigenvalue weighted by molar-refractivity contribution is 5.94. The molecule has 17 heavy (non-hydrogen) atoms. The summed E-state index contributed by atoms with van der Waals surface area (Å²) in [7, 11) is 0. The Bertz CT molecular complexity index is 421. The maximum absolute atomic E-state index is 11.7. The van der Waals surface area contributed by atoms with E-state index in [1.54, 1.807) is 18.3 Å². The Morgan fingerprint density at radius 1 is 1.41 bits per heavy atom. The van der Waals surface area contributed by atoms with Crippen LogP contribution in [0, 0.1) is 0 Å². The third-order valence-electron chi connectivity index (χ3n) is 2.52. The highest BCUT2D eigenvalue weighted by Crippen LogP contribution is 2.21. The molecule has 2 N–H and O–H groups in total. The normalized spacial score (nSPS) is 23.3. The van der Waals surface area contributed by atoms with E-state index >= 15 is 0 Å². The van der Waals surface area contributed by atoms with E-state index < -0.39 is 18.2 Å². The van der Waals surface area contributed by atoms with Gasteiger partial charge in [-0.25, -0.2) is 4.79 Å². The second kappa shape index (κ2) is 4.92. The van der Waals surface area contributed by atoms with Gasteiger partial charge in [0.1, 0.15) is 6.10 Å². The van der Waals surface area contributed by atoms with Gasteiger partial charge in [0.15, 0.2) is 6.10 Å². The Morgan fingerprint density at radius 2 is 2.18 bits per heavy atom. The van der Waals surface area contributed by atoms with Crippen molar-refractivity contribution < 1.29 is 19.4 Å². The molecule has 0 bridgehead atoms. The first kappa shape index (κ1) is 11.5. The van der Waals surface area contributed by atoms with E-state index in [4.69, 9.17) is 9.84 Å². The molecular weight excluding hydrogens is 224 g/mol. The monoisotopic (exact) mass is 236 g/mol. The number of nitrogens with zero attached hydrogens (tertiary/aromatic N) is 1. The molecule has 0 aliphatic carbocycles. The van der Waals surface area contributed by atoms with Crippen molar-refractivity contribution in [3.8, 4) is 0 Å². The second-order valence-electron chi connectivity index (χ2n) is 3.76. The highest BCUT2D eigenvalue weighted by atomic mass is 16.5. The van der Waals surface area contributed by atoms with Gasteiger partial charge in [0.2, 0.25) is 0 Å². The number of ether oxygens (including phenoxy) is 1.